The van der Waals surface area contributed by atoms with Crippen molar-refractivity contribution < 1.29 is 19.2 Å². The summed E-state index contributed by atoms with van der Waals surface area (Å²) in [6.45, 7) is 2.85. The second-order valence-corrected chi connectivity index (χ2v) is 4.11. The highest BCUT2D eigenvalue weighted by atomic mass is 35.5. The van der Waals surface area contributed by atoms with Crippen LogP contribution in [0.5, 0.6) is 11.5 Å². The van der Waals surface area contributed by atoms with Crippen molar-refractivity contribution in [2.75, 3.05) is 26.8 Å². The van der Waals surface area contributed by atoms with E-state index in [0.29, 0.717) is 26.1 Å². The van der Waals surface area contributed by atoms with Gasteiger partial charge in [0, 0.05) is 12.6 Å². The third-order valence-electron chi connectivity index (χ3n) is 2.69. The second-order valence-electron chi connectivity index (χ2n) is 4.11. The maximum Gasteiger partial charge on any atom is 0.286 e. The number of carbonyl (C=O) groups is 1. The van der Waals surface area contributed by atoms with Crippen molar-refractivity contribution in [3.05, 3.63) is 27.8 Å². The lowest BCUT2D eigenvalue weighted by molar-refractivity contribution is -0.385. The van der Waals surface area contributed by atoms with Gasteiger partial charge in [-0.05, 0) is 19.9 Å². The summed E-state index contributed by atoms with van der Waals surface area (Å²) in [7, 11) is 1.40. The Labute approximate surface area is 134 Å². The number of nitro benzene ring substituents is 1. The van der Waals surface area contributed by atoms with E-state index < -0.39 is 10.8 Å². The monoisotopic (exact) mass is 333 g/mol. The molecule has 1 aromatic carbocycles. The normalized spacial score (nSPS) is 9.59. The number of ether oxygens (including phenoxy) is 2. The molecule has 0 unspecified atom stereocenters. The summed E-state index contributed by atoms with van der Waals surface area (Å²) in [5, 5.41) is 13.7. The molecule has 9 heteroatoms. The van der Waals surface area contributed by atoms with Crippen LogP contribution in [-0.4, -0.2) is 37.6 Å². The molecular weight excluding hydrogens is 314 g/mol. The number of nitro groups is 1. The van der Waals surface area contributed by atoms with E-state index >= 15 is 0 Å². The smallest absolute Gasteiger partial charge is 0.286 e. The van der Waals surface area contributed by atoms with Gasteiger partial charge in [-0.3, -0.25) is 14.9 Å². The molecule has 22 heavy (non-hydrogen) atoms. The zero-order valence-electron chi connectivity index (χ0n) is 12.5. The molecule has 0 aromatic heterocycles. The summed E-state index contributed by atoms with van der Waals surface area (Å²) >= 11 is 0. The zero-order chi connectivity index (χ0) is 15.8. The van der Waals surface area contributed by atoms with Gasteiger partial charge in [-0.15, -0.1) is 12.4 Å². The number of nitrogens with one attached hydrogen (secondary N) is 1. The van der Waals surface area contributed by atoms with E-state index in [-0.39, 0.29) is 35.2 Å². The number of methoxy groups -OCH3 is 1. The fraction of sp³-hybridized carbons (Fsp3) is 0.462. The molecule has 0 aliphatic rings. The van der Waals surface area contributed by atoms with Crippen LogP contribution in [0, 0.1) is 10.1 Å². The molecule has 0 bridgehead atoms. The molecule has 0 spiro atoms. The number of hydrogen-bond acceptors (Lipinski definition) is 6. The molecule has 0 fully saturated rings. The van der Waals surface area contributed by atoms with Gasteiger partial charge in [0.25, 0.3) is 11.6 Å². The summed E-state index contributed by atoms with van der Waals surface area (Å²) in [5.74, 6) is -0.0480. The van der Waals surface area contributed by atoms with Crippen LogP contribution >= 0.6 is 12.4 Å². The molecule has 124 valence electrons. The molecule has 0 aliphatic carbocycles. The van der Waals surface area contributed by atoms with Crippen molar-refractivity contribution in [1.29, 1.82) is 0 Å². The summed E-state index contributed by atoms with van der Waals surface area (Å²) in [6.07, 6.45) is 0.591. The number of carbonyl (C=O) groups excluding carboxylic acids is 1. The van der Waals surface area contributed by atoms with E-state index in [0.717, 1.165) is 0 Å². The molecule has 3 N–H and O–H groups in total. The van der Waals surface area contributed by atoms with Crippen LogP contribution in [0.3, 0.4) is 0 Å². The Morgan fingerprint density at radius 3 is 2.59 bits per heavy atom. The zero-order valence-corrected chi connectivity index (χ0v) is 13.3. The minimum Gasteiger partial charge on any atom is -0.493 e. The average molecular weight is 334 g/mol. The number of rotatable bonds is 8. The lowest BCUT2D eigenvalue weighted by atomic mass is 10.1. The van der Waals surface area contributed by atoms with E-state index in [1.54, 1.807) is 6.92 Å². The van der Waals surface area contributed by atoms with Crippen LogP contribution in [0.1, 0.15) is 23.7 Å². The number of nitrogens with zero attached hydrogens (tertiary/aromatic N) is 1. The Kier molecular flexibility index (Phi) is 8.88. The van der Waals surface area contributed by atoms with E-state index in [1.165, 1.54) is 19.2 Å². The van der Waals surface area contributed by atoms with Crippen molar-refractivity contribution in [2.24, 2.45) is 5.73 Å². The number of hydrogen-bond donors (Lipinski definition) is 2. The Morgan fingerprint density at radius 2 is 2.09 bits per heavy atom. The van der Waals surface area contributed by atoms with Gasteiger partial charge in [0.05, 0.1) is 24.7 Å². The molecule has 1 amide bonds. The third kappa shape index (κ3) is 5.05. The summed E-state index contributed by atoms with van der Waals surface area (Å²) in [6, 6.07) is 2.50. The Bertz CT molecular complexity index is 525. The third-order valence-corrected chi connectivity index (χ3v) is 2.69. The summed E-state index contributed by atoms with van der Waals surface area (Å²) in [4.78, 5) is 22.5. The number of benzene rings is 1. The predicted octanol–water partition coefficient (Wildman–Crippen LogP) is 1.50. The minimum absolute atomic E-state index is 0. The highest BCUT2D eigenvalue weighted by Crippen LogP contribution is 2.34. The van der Waals surface area contributed by atoms with Gasteiger partial charge < -0.3 is 20.5 Å². The van der Waals surface area contributed by atoms with E-state index in [4.69, 9.17) is 15.2 Å². The molecular formula is C13H20ClN3O5. The van der Waals surface area contributed by atoms with Crippen LogP contribution in [-0.2, 0) is 0 Å². The van der Waals surface area contributed by atoms with E-state index in [1.807, 2.05) is 0 Å². The van der Waals surface area contributed by atoms with Crippen LogP contribution < -0.4 is 20.5 Å². The lowest BCUT2D eigenvalue weighted by Crippen LogP contribution is -2.26. The van der Waals surface area contributed by atoms with Crippen molar-refractivity contribution in [2.45, 2.75) is 13.3 Å². The van der Waals surface area contributed by atoms with Gasteiger partial charge in [0.1, 0.15) is 5.56 Å². The van der Waals surface area contributed by atoms with Gasteiger partial charge in [0.2, 0.25) is 0 Å². The van der Waals surface area contributed by atoms with Crippen LogP contribution in [0.2, 0.25) is 0 Å². The second kappa shape index (κ2) is 9.80. The Hall–Kier alpha value is -2.06. The van der Waals surface area contributed by atoms with Crippen molar-refractivity contribution in [3.8, 4) is 11.5 Å². The van der Waals surface area contributed by atoms with Crippen molar-refractivity contribution in [3.63, 3.8) is 0 Å². The molecule has 8 nitrogen and oxygen atoms in total. The number of amides is 1. The molecule has 0 heterocycles. The largest absolute Gasteiger partial charge is 0.493 e. The van der Waals surface area contributed by atoms with E-state index in [2.05, 4.69) is 5.32 Å². The van der Waals surface area contributed by atoms with Gasteiger partial charge >= 0.3 is 0 Å². The van der Waals surface area contributed by atoms with Crippen LogP contribution in [0.15, 0.2) is 12.1 Å². The number of halogens is 1. The van der Waals surface area contributed by atoms with Crippen LogP contribution in [0.25, 0.3) is 0 Å². The molecule has 0 atom stereocenters. The quantitative estimate of drug-likeness (QED) is 0.423. The molecule has 1 aromatic rings. The van der Waals surface area contributed by atoms with Crippen molar-refractivity contribution >= 4 is 24.0 Å². The van der Waals surface area contributed by atoms with Gasteiger partial charge in [-0.25, -0.2) is 0 Å². The summed E-state index contributed by atoms with van der Waals surface area (Å²) < 4.78 is 10.4. The standard InChI is InChI=1S/C13H19N3O5.ClH/c1-3-21-12-8-10(16(18)19)9(7-11(12)20-2)13(17)15-6-4-5-14;/h7-8H,3-6,14H2,1-2H3,(H,15,17);1H. The fourth-order valence-electron chi connectivity index (χ4n) is 1.71. The topological polar surface area (TPSA) is 117 Å². The molecule has 0 radical (unpaired) electrons. The Morgan fingerprint density at radius 1 is 1.41 bits per heavy atom. The van der Waals surface area contributed by atoms with Gasteiger partial charge in [-0.1, -0.05) is 0 Å². The Balaban J connectivity index is 0.00000441. The van der Waals surface area contributed by atoms with Gasteiger partial charge in [0.15, 0.2) is 11.5 Å². The highest BCUT2D eigenvalue weighted by molar-refractivity contribution is 5.99. The highest BCUT2D eigenvalue weighted by Gasteiger charge is 2.24. The first-order chi connectivity index (χ1) is 10.0. The lowest BCUT2D eigenvalue weighted by Gasteiger charge is -2.11. The average Bonchev–Trinajstić information content (AvgIpc) is 2.47. The van der Waals surface area contributed by atoms with Crippen LogP contribution in [0.4, 0.5) is 5.69 Å². The minimum atomic E-state index is -0.625. The maximum absolute atomic E-state index is 12.0. The molecule has 0 saturated heterocycles. The first-order valence-electron chi connectivity index (χ1n) is 6.52. The maximum atomic E-state index is 12.0. The van der Waals surface area contributed by atoms with Crippen molar-refractivity contribution in [1.82, 2.24) is 5.32 Å². The molecule has 0 aliphatic heterocycles. The predicted molar refractivity (Wildman–Crippen MR) is 84.1 cm³/mol. The first kappa shape index (κ1) is 19.9. The SMILES string of the molecule is CCOc1cc([N+](=O)[O-])c(C(=O)NCCCN)cc1OC.Cl. The van der Waals surface area contributed by atoms with Gasteiger partial charge in [-0.2, -0.15) is 0 Å². The first-order valence-corrected chi connectivity index (χ1v) is 6.52. The summed E-state index contributed by atoms with van der Waals surface area (Å²) in [5.41, 5.74) is 4.93. The molecule has 1 rings (SSSR count). The fourth-order valence-corrected chi connectivity index (χ4v) is 1.71. The number of nitrogens with two attached hydrogens (primary N) is 1. The van der Waals surface area contributed by atoms with E-state index in [9.17, 15) is 14.9 Å². The molecule has 0 saturated carbocycles.